The van der Waals surface area contributed by atoms with Gasteiger partial charge in [-0.15, -0.1) is 0 Å². The minimum Gasteiger partial charge on any atom is -0.306 e. The van der Waals surface area contributed by atoms with Crippen molar-refractivity contribution in [3.63, 3.8) is 0 Å². The zero-order valence-electron chi connectivity index (χ0n) is 12.3. The van der Waals surface area contributed by atoms with Crippen molar-refractivity contribution in [1.82, 2.24) is 5.32 Å². The van der Waals surface area contributed by atoms with Crippen LogP contribution in [-0.2, 0) is 6.42 Å². The number of hydrogen-bond donors (Lipinski definition) is 1. The molecule has 0 heterocycles. The Morgan fingerprint density at radius 1 is 1.47 bits per heavy atom. The number of benzene rings is 1. The summed E-state index contributed by atoms with van der Waals surface area (Å²) < 4.78 is 0. The fourth-order valence-corrected chi connectivity index (χ4v) is 3.82. The van der Waals surface area contributed by atoms with E-state index in [1.807, 2.05) is 17.8 Å². The molecule has 1 aliphatic rings. The number of hydrogen-bond acceptors (Lipinski definition) is 2. The van der Waals surface area contributed by atoms with Gasteiger partial charge in [-0.05, 0) is 47.8 Å². The van der Waals surface area contributed by atoms with Crippen LogP contribution in [-0.4, -0.2) is 17.5 Å². The lowest BCUT2D eigenvalue weighted by atomic mass is 9.85. The van der Waals surface area contributed by atoms with Gasteiger partial charge in [-0.1, -0.05) is 38.4 Å². The van der Waals surface area contributed by atoms with Gasteiger partial charge in [-0.2, -0.15) is 11.8 Å². The molecule has 0 radical (unpaired) electrons. The molecule has 1 aromatic carbocycles. The van der Waals surface area contributed by atoms with Crippen LogP contribution < -0.4 is 5.32 Å². The molecular weight excluding hydrogens is 274 g/mol. The number of nitrogens with one attached hydrogen (secondary N) is 1. The lowest BCUT2D eigenvalue weighted by Crippen LogP contribution is -2.38. The van der Waals surface area contributed by atoms with E-state index in [2.05, 4.69) is 45.1 Å². The van der Waals surface area contributed by atoms with Gasteiger partial charge in [-0.3, -0.25) is 0 Å². The van der Waals surface area contributed by atoms with Gasteiger partial charge < -0.3 is 5.32 Å². The first-order valence-corrected chi connectivity index (χ1v) is 8.59. The molecule has 1 N–H and O–H groups in total. The second-order valence-corrected chi connectivity index (χ2v) is 7.92. The SMILES string of the molecule is CCSCC(C)NC1c2cc(Cl)ccc2CC1(C)C. The molecular formula is C16H24ClNS. The molecule has 0 saturated carbocycles. The van der Waals surface area contributed by atoms with Gasteiger partial charge in [0.25, 0.3) is 0 Å². The summed E-state index contributed by atoms with van der Waals surface area (Å²) in [5, 5.41) is 4.65. The summed E-state index contributed by atoms with van der Waals surface area (Å²) in [6, 6.07) is 7.28. The van der Waals surface area contributed by atoms with Gasteiger partial charge in [0.1, 0.15) is 0 Å². The Balaban J connectivity index is 2.17. The monoisotopic (exact) mass is 297 g/mol. The normalized spacial score (nSPS) is 22.3. The molecule has 106 valence electrons. The highest BCUT2D eigenvalue weighted by Gasteiger charge is 2.39. The standard InChI is InChI=1S/C16H24ClNS/c1-5-19-10-11(2)18-15-14-8-13(17)7-6-12(14)9-16(15,3)4/h6-8,11,15,18H,5,9-10H2,1-4H3. The Bertz CT molecular complexity index is 444. The van der Waals surface area contributed by atoms with Gasteiger partial charge in [0.2, 0.25) is 0 Å². The summed E-state index contributed by atoms with van der Waals surface area (Å²) in [4.78, 5) is 0. The summed E-state index contributed by atoms with van der Waals surface area (Å²) in [5.41, 5.74) is 3.10. The van der Waals surface area contributed by atoms with E-state index in [-0.39, 0.29) is 5.41 Å². The topological polar surface area (TPSA) is 12.0 Å². The van der Waals surface area contributed by atoms with Crippen molar-refractivity contribution in [2.45, 2.75) is 46.2 Å². The Morgan fingerprint density at radius 2 is 2.21 bits per heavy atom. The van der Waals surface area contributed by atoms with Crippen LogP contribution in [0.15, 0.2) is 18.2 Å². The fourth-order valence-electron chi connectivity index (χ4n) is 2.95. The predicted octanol–water partition coefficient (Wildman–Crippen LogP) is 4.69. The highest BCUT2D eigenvalue weighted by atomic mass is 35.5. The van der Waals surface area contributed by atoms with E-state index in [1.54, 1.807) is 0 Å². The van der Waals surface area contributed by atoms with Crippen LogP contribution in [0.25, 0.3) is 0 Å². The third kappa shape index (κ3) is 3.48. The van der Waals surface area contributed by atoms with Crippen LogP contribution in [0.4, 0.5) is 0 Å². The number of thioether (sulfide) groups is 1. The summed E-state index contributed by atoms with van der Waals surface area (Å²) in [5.74, 6) is 2.35. The number of halogens is 1. The van der Waals surface area contributed by atoms with Gasteiger partial charge in [0.15, 0.2) is 0 Å². The fraction of sp³-hybridized carbons (Fsp3) is 0.625. The Morgan fingerprint density at radius 3 is 2.89 bits per heavy atom. The predicted molar refractivity (Wildman–Crippen MR) is 87.3 cm³/mol. The Hall–Kier alpha value is -0.180. The maximum Gasteiger partial charge on any atom is 0.0409 e. The second kappa shape index (κ2) is 6.07. The quantitative estimate of drug-likeness (QED) is 0.846. The van der Waals surface area contributed by atoms with Crippen LogP contribution in [0, 0.1) is 5.41 Å². The lowest BCUT2D eigenvalue weighted by molar-refractivity contribution is 0.257. The molecule has 0 aromatic heterocycles. The van der Waals surface area contributed by atoms with E-state index in [0.717, 1.165) is 11.4 Å². The average molecular weight is 298 g/mol. The molecule has 0 fully saturated rings. The Labute approximate surface area is 126 Å². The van der Waals surface area contributed by atoms with Crippen LogP contribution in [0.5, 0.6) is 0 Å². The van der Waals surface area contributed by atoms with Crippen molar-refractivity contribution < 1.29 is 0 Å². The van der Waals surface area contributed by atoms with Crippen molar-refractivity contribution in [3.05, 3.63) is 34.3 Å². The third-order valence-corrected chi connectivity index (χ3v) is 5.25. The van der Waals surface area contributed by atoms with E-state index in [9.17, 15) is 0 Å². The molecule has 0 saturated heterocycles. The molecule has 19 heavy (non-hydrogen) atoms. The van der Waals surface area contributed by atoms with E-state index in [1.165, 1.54) is 22.6 Å². The largest absolute Gasteiger partial charge is 0.306 e. The highest BCUT2D eigenvalue weighted by Crippen LogP contribution is 2.46. The molecule has 0 aliphatic heterocycles. The van der Waals surface area contributed by atoms with Crippen molar-refractivity contribution in [1.29, 1.82) is 0 Å². The molecule has 1 nitrogen and oxygen atoms in total. The minimum absolute atomic E-state index is 0.262. The molecule has 2 rings (SSSR count). The average Bonchev–Trinajstić information content (AvgIpc) is 2.58. The van der Waals surface area contributed by atoms with E-state index in [0.29, 0.717) is 12.1 Å². The third-order valence-electron chi connectivity index (χ3n) is 3.87. The minimum atomic E-state index is 0.262. The maximum absolute atomic E-state index is 6.17. The van der Waals surface area contributed by atoms with Crippen LogP contribution in [0.1, 0.15) is 44.9 Å². The van der Waals surface area contributed by atoms with Gasteiger partial charge in [0, 0.05) is 22.9 Å². The van der Waals surface area contributed by atoms with Gasteiger partial charge in [0.05, 0.1) is 0 Å². The highest BCUT2D eigenvalue weighted by molar-refractivity contribution is 7.99. The second-order valence-electron chi connectivity index (χ2n) is 6.17. The van der Waals surface area contributed by atoms with E-state index < -0.39 is 0 Å². The first-order chi connectivity index (χ1) is 8.94. The molecule has 0 amide bonds. The summed E-state index contributed by atoms with van der Waals surface area (Å²) in [7, 11) is 0. The summed E-state index contributed by atoms with van der Waals surface area (Å²) >= 11 is 8.17. The molecule has 1 aliphatic carbocycles. The van der Waals surface area contributed by atoms with Gasteiger partial charge >= 0.3 is 0 Å². The molecule has 3 heteroatoms. The van der Waals surface area contributed by atoms with Crippen LogP contribution in [0.2, 0.25) is 5.02 Å². The number of rotatable bonds is 5. The lowest BCUT2D eigenvalue weighted by Gasteiger charge is -2.31. The van der Waals surface area contributed by atoms with E-state index in [4.69, 9.17) is 11.6 Å². The Kier molecular flexibility index (Phi) is 4.86. The van der Waals surface area contributed by atoms with Crippen molar-refractivity contribution in [2.75, 3.05) is 11.5 Å². The molecule has 1 aromatic rings. The maximum atomic E-state index is 6.17. The number of fused-ring (bicyclic) bond motifs is 1. The summed E-state index contributed by atoms with van der Waals surface area (Å²) in [6.07, 6.45) is 1.13. The van der Waals surface area contributed by atoms with Crippen molar-refractivity contribution in [3.8, 4) is 0 Å². The zero-order chi connectivity index (χ0) is 14.0. The van der Waals surface area contributed by atoms with Gasteiger partial charge in [-0.25, -0.2) is 0 Å². The first-order valence-electron chi connectivity index (χ1n) is 7.06. The molecule has 2 atom stereocenters. The molecule has 0 bridgehead atoms. The summed E-state index contributed by atoms with van der Waals surface area (Å²) in [6.45, 7) is 9.18. The van der Waals surface area contributed by atoms with Crippen LogP contribution in [0.3, 0.4) is 0 Å². The zero-order valence-corrected chi connectivity index (χ0v) is 13.9. The van der Waals surface area contributed by atoms with Crippen LogP contribution >= 0.6 is 23.4 Å². The van der Waals surface area contributed by atoms with Crippen molar-refractivity contribution >= 4 is 23.4 Å². The molecule has 0 spiro atoms. The molecule has 2 unspecified atom stereocenters. The van der Waals surface area contributed by atoms with Crippen molar-refractivity contribution in [2.24, 2.45) is 5.41 Å². The smallest absolute Gasteiger partial charge is 0.0409 e. The van der Waals surface area contributed by atoms with E-state index >= 15 is 0 Å². The first kappa shape index (κ1) is 15.2.